The normalized spacial score (nSPS) is 13.8. The maximum absolute atomic E-state index is 12.0. The molecule has 1 aromatic heterocycles. The summed E-state index contributed by atoms with van der Waals surface area (Å²) < 4.78 is 36.4. The fourth-order valence-electron chi connectivity index (χ4n) is 1.61. The van der Waals surface area contributed by atoms with Crippen molar-refractivity contribution in [2.45, 2.75) is 44.1 Å². The number of nitrogens with one attached hydrogen (secondary N) is 2. The van der Waals surface area contributed by atoms with Gasteiger partial charge in [-0.2, -0.15) is 0 Å². The lowest BCUT2D eigenvalue weighted by molar-refractivity contribution is 0.0603. The molecular formula is C13H24N2O5S. The minimum Gasteiger partial charge on any atom is -0.447 e. The zero-order valence-corrected chi connectivity index (χ0v) is 13.4. The third kappa shape index (κ3) is 6.58. The highest BCUT2D eigenvalue weighted by Crippen LogP contribution is 2.13. The van der Waals surface area contributed by atoms with Crippen molar-refractivity contribution in [2.24, 2.45) is 0 Å². The van der Waals surface area contributed by atoms with E-state index in [1.807, 2.05) is 13.8 Å². The predicted octanol–water partition coefficient (Wildman–Crippen LogP) is 0.453. The van der Waals surface area contributed by atoms with E-state index in [-0.39, 0.29) is 30.7 Å². The van der Waals surface area contributed by atoms with Gasteiger partial charge in [0.15, 0.2) is 0 Å². The van der Waals surface area contributed by atoms with Crippen molar-refractivity contribution >= 4 is 10.0 Å². The standard InChI is InChI=1S/C13H24N2O5S/c1-10(2)14-8-12-4-5-13(20-12)21(17,18)15-7-6-11(16)9-19-3/h4-5,10-11,14-16H,6-9H2,1-3H3. The van der Waals surface area contributed by atoms with E-state index in [9.17, 15) is 13.5 Å². The highest BCUT2D eigenvalue weighted by molar-refractivity contribution is 7.89. The summed E-state index contributed by atoms with van der Waals surface area (Å²) in [5.41, 5.74) is 0. The maximum atomic E-state index is 12.0. The molecule has 8 heteroatoms. The first-order valence-corrected chi connectivity index (χ1v) is 8.32. The van der Waals surface area contributed by atoms with Crippen LogP contribution in [0.15, 0.2) is 21.6 Å². The molecule has 122 valence electrons. The van der Waals surface area contributed by atoms with E-state index in [1.165, 1.54) is 13.2 Å². The van der Waals surface area contributed by atoms with Gasteiger partial charge in [-0.1, -0.05) is 13.8 Å². The number of rotatable bonds is 10. The van der Waals surface area contributed by atoms with Crippen LogP contribution in [0.5, 0.6) is 0 Å². The van der Waals surface area contributed by atoms with E-state index < -0.39 is 16.1 Å². The Hall–Kier alpha value is -0.930. The summed E-state index contributed by atoms with van der Waals surface area (Å²) in [7, 11) is -2.21. The summed E-state index contributed by atoms with van der Waals surface area (Å²) in [5.74, 6) is 0.559. The third-order valence-electron chi connectivity index (χ3n) is 2.72. The molecule has 0 saturated heterocycles. The minimum atomic E-state index is -3.68. The molecule has 0 aliphatic carbocycles. The van der Waals surface area contributed by atoms with Crippen LogP contribution < -0.4 is 10.0 Å². The van der Waals surface area contributed by atoms with Gasteiger partial charge in [0.05, 0.1) is 19.3 Å². The Morgan fingerprint density at radius 1 is 1.38 bits per heavy atom. The van der Waals surface area contributed by atoms with Crippen molar-refractivity contribution in [1.29, 1.82) is 0 Å². The average Bonchev–Trinajstić information content (AvgIpc) is 2.86. The quantitative estimate of drug-likeness (QED) is 0.579. The Morgan fingerprint density at radius 3 is 2.71 bits per heavy atom. The topological polar surface area (TPSA) is 101 Å². The van der Waals surface area contributed by atoms with E-state index in [0.29, 0.717) is 12.3 Å². The first-order valence-electron chi connectivity index (χ1n) is 6.84. The second kappa shape index (κ2) is 8.50. The van der Waals surface area contributed by atoms with Gasteiger partial charge >= 0.3 is 0 Å². The third-order valence-corrected chi connectivity index (χ3v) is 4.05. The molecule has 21 heavy (non-hydrogen) atoms. The van der Waals surface area contributed by atoms with Gasteiger partial charge in [0, 0.05) is 19.7 Å². The number of methoxy groups -OCH3 is 1. The molecule has 1 unspecified atom stereocenters. The molecule has 0 aromatic carbocycles. The zero-order chi connectivity index (χ0) is 15.9. The number of ether oxygens (including phenoxy) is 1. The summed E-state index contributed by atoms with van der Waals surface area (Å²) >= 11 is 0. The van der Waals surface area contributed by atoms with Crippen LogP contribution in [0.3, 0.4) is 0 Å². The maximum Gasteiger partial charge on any atom is 0.273 e. The van der Waals surface area contributed by atoms with Crippen LogP contribution >= 0.6 is 0 Å². The highest BCUT2D eigenvalue weighted by Gasteiger charge is 2.18. The molecule has 3 N–H and O–H groups in total. The van der Waals surface area contributed by atoms with E-state index in [2.05, 4.69) is 10.0 Å². The Labute approximate surface area is 125 Å². The second-order valence-corrected chi connectivity index (χ2v) is 6.75. The first kappa shape index (κ1) is 18.1. The molecule has 0 fully saturated rings. The Balaban J connectivity index is 2.50. The molecule has 0 bridgehead atoms. The summed E-state index contributed by atoms with van der Waals surface area (Å²) in [5, 5.41) is 12.5. The van der Waals surface area contributed by atoms with Crippen LogP contribution in [0.1, 0.15) is 26.0 Å². The van der Waals surface area contributed by atoms with Gasteiger partial charge in [0.2, 0.25) is 5.09 Å². The van der Waals surface area contributed by atoms with Crippen molar-refractivity contribution in [2.75, 3.05) is 20.3 Å². The number of hydrogen-bond donors (Lipinski definition) is 3. The van der Waals surface area contributed by atoms with Gasteiger partial charge in [0.25, 0.3) is 10.0 Å². The number of aliphatic hydroxyl groups is 1. The van der Waals surface area contributed by atoms with Gasteiger partial charge < -0.3 is 19.6 Å². The van der Waals surface area contributed by atoms with E-state index in [1.54, 1.807) is 6.07 Å². The van der Waals surface area contributed by atoms with Crippen LogP contribution in [0.25, 0.3) is 0 Å². The molecular weight excluding hydrogens is 296 g/mol. The molecule has 0 aliphatic rings. The molecule has 1 aromatic rings. The van der Waals surface area contributed by atoms with Crippen LogP contribution in [0.4, 0.5) is 0 Å². The molecule has 1 rings (SSSR count). The lowest BCUT2D eigenvalue weighted by Gasteiger charge is -2.09. The van der Waals surface area contributed by atoms with Gasteiger partial charge in [-0.25, -0.2) is 13.1 Å². The summed E-state index contributed by atoms with van der Waals surface area (Å²) in [6, 6.07) is 3.34. The summed E-state index contributed by atoms with van der Waals surface area (Å²) in [6.07, 6.45) is -0.421. The SMILES string of the molecule is COCC(O)CCNS(=O)(=O)c1ccc(CNC(C)C)o1. The summed E-state index contributed by atoms with van der Waals surface area (Å²) in [4.78, 5) is 0. The molecule has 0 saturated carbocycles. The molecule has 7 nitrogen and oxygen atoms in total. The minimum absolute atomic E-state index is 0.118. The van der Waals surface area contributed by atoms with Crippen molar-refractivity contribution in [3.05, 3.63) is 17.9 Å². The van der Waals surface area contributed by atoms with Gasteiger partial charge in [-0.3, -0.25) is 0 Å². The van der Waals surface area contributed by atoms with Crippen molar-refractivity contribution in [1.82, 2.24) is 10.0 Å². The molecule has 0 amide bonds. The largest absolute Gasteiger partial charge is 0.447 e. The summed E-state index contributed by atoms with van der Waals surface area (Å²) in [6.45, 7) is 4.75. The fraction of sp³-hybridized carbons (Fsp3) is 0.692. The van der Waals surface area contributed by atoms with Crippen LogP contribution in [0.2, 0.25) is 0 Å². The van der Waals surface area contributed by atoms with Crippen molar-refractivity contribution < 1.29 is 22.7 Å². The van der Waals surface area contributed by atoms with E-state index in [0.717, 1.165) is 0 Å². The average molecular weight is 320 g/mol. The Kier molecular flexibility index (Phi) is 7.33. The Bertz CT molecular complexity index is 512. The van der Waals surface area contributed by atoms with Crippen LogP contribution in [-0.2, 0) is 21.3 Å². The van der Waals surface area contributed by atoms with Crippen molar-refractivity contribution in [3.8, 4) is 0 Å². The van der Waals surface area contributed by atoms with Crippen molar-refractivity contribution in [3.63, 3.8) is 0 Å². The molecule has 0 radical (unpaired) electrons. The number of furan rings is 1. The first-order chi connectivity index (χ1) is 9.85. The second-order valence-electron chi connectivity index (χ2n) is 5.05. The van der Waals surface area contributed by atoms with Gasteiger partial charge in [-0.15, -0.1) is 0 Å². The number of aliphatic hydroxyl groups excluding tert-OH is 1. The highest BCUT2D eigenvalue weighted by atomic mass is 32.2. The smallest absolute Gasteiger partial charge is 0.273 e. The molecule has 1 heterocycles. The molecule has 1 atom stereocenters. The van der Waals surface area contributed by atoms with Crippen LogP contribution in [-0.4, -0.2) is 45.9 Å². The lowest BCUT2D eigenvalue weighted by atomic mass is 10.3. The van der Waals surface area contributed by atoms with Gasteiger partial charge in [-0.05, 0) is 18.6 Å². The van der Waals surface area contributed by atoms with Crippen LogP contribution in [0, 0.1) is 0 Å². The molecule has 0 aliphatic heterocycles. The Morgan fingerprint density at radius 2 is 2.10 bits per heavy atom. The predicted molar refractivity (Wildman–Crippen MR) is 78.4 cm³/mol. The van der Waals surface area contributed by atoms with Gasteiger partial charge in [0.1, 0.15) is 5.76 Å². The van der Waals surface area contributed by atoms with E-state index >= 15 is 0 Å². The number of hydrogen-bond acceptors (Lipinski definition) is 6. The lowest BCUT2D eigenvalue weighted by Crippen LogP contribution is -2.28. The zero-order valence-electron chi connectivity index (χ0n) is 12.6. The van der Waals surface area contributed by atoms with E-state index in [4.69, 9.17) is 9.15 Å². The molecule has 0 spiro atoms. The number of sulfonamides is 1. The monoisotopic (exact) mass is 320 g/mol. The fourth-order valence-corrected chi connectivity index (χ4v) is 2.60.